The number of sulfone groups is 1. The molecule has 0 aromatic heterocycles. The first-order chi connectivity index (χ1) is 5.07. The molecular weight excluding hydrogens is 172 g/mol. The molecule has 0 rings (SSSR count). The van der Waals surface area contributed by atoms with E-state index in [2.05, 4.69) is 0 Å². The Kier molecular flexibility index (Phi) is 3.35. The standard InChI is InChI=1S/C9H20O2S/c1-7(2)8(9(3,4)5)12(6,10)11/h7-8H,1-6H3/t8-/m0/s1. The van der Waals surface area contributed by atoms with E-state index in [4.69, 9.17) is 0 Å². The molecule has 1 atom stereocenters. The fraction of sp³-hybridized carbons (Fsp3) is 1.00. The highest BCUT2D eigenvalue weighted by Crippen LogP contribution is 2.30. The van der Waals surface area contributed by atoms with Gasteiger partial charge in [-0.15, -0.1) is 0 Å². The zero-order valence-electron chi connectivity index (χ0n) is 8.88. The summed E-state index contributed by atoms with van der Waals surface area (Å²) in [5.74, 6) is 0.181. The molecule has 0 unspecified atom stereocenters. The second-order valence-electron chi connectivity index (χ2n) is 4.86. The quantitative estimate of drug-likeness (QED) is 0.671. The molecule has 0 radical (unpaired) electrons. The summed E-state index contributed by atoms with van der Waals surface area (Å²) in [5.41, 5.74) is -0.165. The van der Waals surface area contributed by atoms with E-state index in [1.54, 1.807) is 0 Å². The summed E-state index contributed by atoms with van der Waals surface area (Å²) < 4.78 is 22.8. The van der Waals surface area contributed by atoms with Gasteiger partial charge in [0, 0.05) is 6.26 Å². The van der Waals surface area contributed by atoms with Gasteiger partial charge in [0.2, 0.25) is 0 Å². The molecule has 0 N–H and O–H groups in total. The van der Waals surface area contributed by atoms with Gasteiger partial charge in [-0.25, -0.2) is 8.42 Å². The van der Waals surface area contributed by atoms with E-state index in [-0.39, 0.29) is 16.6 Å². The molecular formula is C9H20O2S. The normalized spacial score (nSPS) is 16.6. The van der Waals surface area contributed by atoms with E-state index in [1.807, 2.05) is 34.6 Å². The SMILES string of the molecule is CC(C)[C@@H](C(C)(C)C)S(C)(=O)=O. The summed E-state index contributed by atoms with van der Waals surface area (Å²) in [6.07, 6.45) is 1.32. The molecule has 0 aliphatic rings. The Morgan fingerprint density at radius 1 is 1.08 bits per heavy atom. The number of hydrogen-bond donors (Lipinski definition) is 0. The van der Waals surface area contributed by atoms with Crippen LogP contribution in [-0.4, -0.2) is 19.9 Å². The fourth-order valence-electron chi connectivity index (χ4n) is 2.14. The molecule has 0 fully saturated rings. The molecule has 0 saturated heterocycles. The van der Waals surface area contributed by atoms with E-state index < -0.39 is 9.84 Å². The lowest BCUT2D eigenvalue weighted by Crippen LogP contribution is -2.38. The molecule has 0 amide bonds. The van der Waals surface area contributed by atoms with Crippen molar-refractivity contribution >= 4 is 9.84 Å². The Morgan fingerprint density at radius 2 is 1.42 bits per heavy atom. The summed E-state index contributed by atoms with van der Waals surface area (Å²) in [6, 6.07) is 0. The van der Waals surface area contributed by atoms with Crippen LogP contribution < -0.4 is 0 Å². The lowest BCUT2D eigenvalue weighted by Gasteiger charge is -2.32. The zero-order chi connectivity index (χ0) is 10.2. The number of rotatable bonds is 2. The Labute approximate surface area is 76.3 Å². The van der Waals surface area contributed by atoms with Gasteiger partial charge >= 0.3 is 0 Å². The van der Waals surface area contributed by atoms with Crippen molar-refractivity contribution < 1.29 is 8.42 Å². The highest BCUT2D eigenvalue weighted by atomic mass is 32.2. The van der Waals surface area contributed by atoms with Crippen LogP contribution in [0.1, 0.15) is 34.6 Å². The van der Waals surface area contributed by atoms with Gasteiger partial charge in [0.15, 0.2) is 9.84 Å². The molecule has 0 bridgehead atoms. The molecule has 0 aromatic rings. The van der Waals surface area contributed by atoms with E-state index in [1.165, 1.54) is 6.26 Å². The van der Waals surface area contributed by atoms with E-state index in [0.717, 1.165) is 0 Å². The smallest absolute Gasteiger partial charge is 0.151 e. The minimum Gasteiger partial charge on any atom is -0.229 e. The van der Waals surface area contributed by atoms with Gasteiger partial charge in [-0.2, -0.15) is 0 Å². The van der Waals surface area contributed by atoms with E-state index in [0.29, 0.717) is 0 Å². The Bertz CT molecular complexity index is 232. The van der Waals surface area contributed by atoms with E-state index >= 15 is 0 Å². The van der Waals surface area contributed by atoms with Crippen LogP contribution in [-0.2, 0) is 9.84 Å². The summed E-state index contributed by atoms with van der Waals surface area (Å²) in [4.78, 5) is 0. The predicted molar refractivity (Wildman–Crippen MR) is 52.9 cm³/mol. The lowest BCUT2D eigenvalue weighted by molar-refractivity contribution is 0.321. The van der Waals surface area contributed by atoms with Crippen LogP contribution in [0.5, 0.6) is 0 Å². The van der Waals surface area contributed by atoms with Gasteiger partial charge in [0.1, 0.15) is 0 Å². The third kappa shape index (κ3) is 3.13. The maximum absolute atomic E-state index is 11.4. The summed E-state index contributed by atoms with van der Waals surface area (Å²) >= 11 is 0. The molecule has 0 aromatic carbocycles. The second-order valence-corrected chi connectivity index (χ2v) is 7.03. The molecule has 3 heteroatoms. The highest BCUT2D eigenvalue weighted by Gasteiger charge is 2.35. The van der Waals surface area contributed by atoms with Crippen molar-refractivity contribution in [3.05, 3.63) is 0 Å². The molecule has 0 aliphatic heterocycles. The van der Waals surface area contributed by atoms with Crippen LogP contribution in [0.25, 0.3) is 0 Å². The average molecular weight is 192 g/mol. The Morgan fingerprint density at radius 3 is 1.42 bits per heavy atom. The van der Waals surface area contributed by atoms with Gasteiger partial charge < -0.3 is 0 Å². The van der Waals surface area contributed by atoms with Crippen molar-refractivity contribution in [3.8, 4) is 0 Å². The van der Waals surface area contributed by atoms with Gasteiger partial charge in [-0.05, 0) is 11.3 Å². The molecule has 12 heavy (non-hydrogen) atoms. The van der Waals surface area contributed by atoms with Crippen LogP contribution in [0.15, 0.2) is 0 Å². The Hall–Kier alpha value is -0.0500. The molecule has 0 saturated carbocycles. The van der Waals surface area contributed by atoms with Crippen LogP contribution in [0, 0.1) is 11.3 Å². The fourth-order valence-corrected chi connectivity index (χ4v) is 4.41. The molecule has 74 valence electrons. The largest absolute Gasteiger partial charge is 0.229 e. The van der Waals surface area contributed by atoms with Gasteiger partial charge in [0.05, 0.1) is 5.25 Å². The van der Waals surface area contributed by atoms with Crippen molar-refractivity contribution in [2.24, 2.45) is 11.3 Å². The van der Waals surface area contributed by atoms with Crippen molar-refractivity contribution in [1.29, 1.82) is 0 Å². The predicted octanol–water partition coefficient (Wildman–Crippen LogP) is 2.10. The first-order valence-corrected chi connectivity index (χ1v) is 6.21. The molecule has 0 heterocycles. The molecule has 2 nitrogen and oxygen atoms in total. The monoisotopic (exact) mass is 192 g/mol. The molecule has 0 spiro atoms. The first-order valence-electron chi connectivity index (χ1n) is 4.25. The second kappa shape index (κ2) is 3.36. The van der Waals surface area contributed by atoms with Gasteiger partial charge in [-0.3, -0.25) is 0 Å². The van der Waals surface area contributed by atoms with Crippen molar-refractivity contribution in [1.82, 2.24) is 0 Å². The van der Waals surface area contributed by atoms with Crippen LogP contribution in [0.3, 0.4) is 0 Å². The Balaban J connectivity index is 4.97. The average Bonchev–Trinajstić information content (AvgIpc) is 1.49. The third-order valence-corrected chi connectivity index (χ3v) is 4.09. The van der Waals surface area contributed by atoms with Crippen molar-refractivity contribution in [3.63, 3.8) is 0 Å². The van der Waals surface area contributed by atoms with Crippen LogP contribution in [0.4, 0.5) is 0 Å². The third-order valence-electron chi connectivity index (χ3n) is 1.92. The van der Waals surface area contributed by atoms with Crippen molar-refractivity contribution in [2.45, 2.75) is 39.9 Å². The molecule has 0 aliphatic carbocycles. The topological polar surface area (TPSA) is 34.1 Å². The zero-order valence-corrected chi connectivity index (χ0v) is 9.70. The van der Waals surface area contributed by atoms with E-state index in [9.17, 15) is 8.42 Å². The summed E-state index contributed by atoms with van der Waals surface area (Å²) in [5, 5.41) is -0.245. The first kappa shape index (κ1) is 11.9. The van der Waals surface area contributed by atoms with Gasteiger partial charge in [0.25, 0.3) is 0 Å². The summed E-state index contributed by atoms with van der Waals surface area (Å²) in [7, 11) is -2.92. The highest BCUT2D eigenvalue weighted by molar-refractivity contribution is 7.91. The van der Waals surface area contributed by atoms with Gasteiger partial charge in [-0.1, -0.05) is 34.6 Å². The summed E-state index contributed by atoms with van der Waals surface area (Å²) in [6.45, 7) is 9.82. The minimum absolute atomic E-state index is 0.165. The number of hydrogen-bond acceptors (Lipinski definition) is 2. The maximum atomic E-state index is 11.4. The maximum Gasteiger partial charge on any atom is 0.151 e. The lowest BCUT2D eigenvalue weighted by atomic mass is 9.85. The minimum atomic E-state index is -2.92. The van der Waals surface area contributed by atoms with Crippen molar-refractivity contribution in [2.75, 3.05) is 6.26 Å². The van der Waals surface area contributed by atoms with Crippen LogP contribution in [0.2, 0.25) is 0 Å². The van der Waals surface area contributed by atoms with Crippen LogP contribution >= 0.6 is 0 Å².